The van der Waals surface area contributed by atoms with Crippen molar-refractivity contribution in [1.82, 2.24) is 9.97 Å². The molecule has 0 saturated carbocycles. The Kier molecular flexibility index (Phi) is 2.48. The number of nitrogens with one attached hydrogen (secondary N) is 1. The molecule has 2 aromatic heterocycles. The highest BCUT2D eigenvalue weighted by Crippen LogP contribution is 2.41. The summed E-state index contributed by atoms with van der Waals surface area (Å²) in [5.74, 6) is -0.754. The van der Waals surface area contributed by atoms with Gasteiger partial charge in [0.15, 0.2) is 0 Å². The lowest BCUT2D eigenvalue weighted by Crippen LogP contribution is -2.14. The average molecular weight is 264 g/mol. The van der Waals surface area contributed by atoms with Gasteiger partial charge >= 0.3 is 5.97 Å². The molecule has 0 fully saturated rings. The zero-order valence-electron chi connectivity index (χ0n) is 9.82. The van der Waals surface area contributed by atoms with Crippen LogP contribution in [0.15, 0.2) is 4.79 Å². The standard InChI is InChI=1S/C12H12N2O3S/c1-2-7-13-10(15)9-8-5(12(16)17)3-4-6(8)18-11(9)14-7/h5H,2-4H2,1H3,(H,16,17)(H,13,14,15). The van der Waals surface area contributed by atoms with Crippen LogP contribution in [-0.2, 0) is 17.6 Å². The normalized spacial score (nSPS) is 18.2. The van der Waals surface area contributed by atoms with Crippen LogP contribution in [0.3, 0.4) is 0 Å². The molecule has 0 aromatic carbocycles. The largest absolute Gasteiger partial charge is 0.481 e. The average Bonchev–Trinajstić information content (AvgIpc) is 2.85. The Morgan fingerprint density at radius 3 is 3.06 bits per heavy atom. The van der Waals surface area contributed by atoms with E-state index in [9.17, 15) is 14.7 Å². The van der Waals surface area contributed by atoms with Crippen molar-refractivity contribution in [3.63, 3.8) is 0 Å². The number of carboxylic acids is 1. The lowest BCUT2D eigenvalue weighted by atomic mass is 10.0. The number of hydrogen-bond donors (Lipinski definition) is 2. The molecule has 0 saturated heterocycles. The van der Waals surface area contributed by atoms with Crippen LogP contribution in [0.25, 0.3) is 10.2 Å². The number of aliphatic carboxylic acids is 1. The second kappa shape index (κ2) is 3.91. The third kappa shape index (κ3) is 1.49. The maximum atomic E-state index is 12.1. The Hall–Kier alpha value is -1.69. The highest BCUT2D eigenvalue weighted by atomic mass is 32.1. The predicted molar refractivity (Wildman–Crippen MR) is 68.3 cm³/mol. The van der Waals surface area contributed by atoms with Gasteiger partial charge in [0.2, 0.25) is 0 Å². The van der Waals surface area contributed by atoms with Crippen LogP contribution >= 0.6 is 11.3 Å². The first-order valence-electron chi connectivity index (χ1n) is 5.89. The predicted octanol–water partition coefficient (Wildman–Crippen LogP) is 1.66. The molecule has 0 radical (unpaired) electrons. The molecule has 2 N–H and O–H groups in total. The Bertz CT molecular complexity index is 701. The van der Waals surface area contributed by atoms with Crippen LogP contribution in [0.5, 0.6) is 0 Å². The lowest BCUT2D eigenvalue weighted by Gasteiger charge is -2.04. The fourth-order valence-corrected chi connectivity index (χ4v) is 3.78. The number of aromatic amines is 1. The summed E-state index contributed by atoms with van der Waals surface area (Å²) in [6.45, 7) is 1.92. The van der Waals surface area contributed by atoms with Gasteiger partial charge in [0.1, 0.15) is 10.7 Å². The zero-order chi connectivity index (χ0) is 12.9. The molecular formula is C12H12N2O3S. The van der Waals surface area contributed by atoms with E-state index in [1.807, 2.05) is 6.92 Å². The molecule has 0 bridgehead atoms. The highest BCUT2D eigenvalue weighted by molar-refractivity contribution is 7.18. The number of aryl methyl sites for hydroxylation is 2. The SMILES string of the molecule is CCc1nc2sc3c(c2c(=O)[nH]1)C(C(=O)O)CC3. The van der Waals surface area contributed by atoms with Gasteiger partial charge in [-0.3, -0.25) is 9.59 Å². The fraction of sp³-hybridized carbons (Fsp3) is 0.417. The van der Waals surface area contributed by atoms with Gasteiger partial charge in [-0.05, 0) is 18.4 Å². The number of carbonyl (C=O) groups is 1. The first-order chi connectivity index (χ1) is 8.61. The molecule has 1 aliphatic rings. The molecule has 18 heavy (non-hydrogen) atoms. The molecule has 0 aliphatic heterocycles. The van der Waals surface area contributed by atoms with E-state index in [1.165, 1.54) is 11.3 Å². The van der Waals surface area contributed by atoms with E-state index in [0.29, 0.717) is 34.4 Å². The number of thiophene rings is 1. The minimum absolute atomic E-state index is 0.206. The summed E-state index contributed by atoms with van der Waals surface area (Å²) in [6.07, 6.45) is 1.98. The van der Waals surface area contributed by atoms with E-state index in [2.05, 4.69) is 9.97 Å². The van der Waals surface area contributed by atoms with Crippen LogP contribution in [0.4, 0.5) is 0 Å². The van der Waals surface area contributed by atoms with Gasteiger partial charge < -0.3 is 10.1 Å². The van der Waals surface area contributed by atoms with Crippen molar-refractivity contribution in [2.45, 2.75) is 32.1 Å². The first-order valence-corrected chi connectivity index (χ1v) is 6.70. The quantitative estimate of drug-likeness (QED) is 0.864. The molecule has 1 atom stereocenters. The van der Waals surface area contributed by atoms with Crippen LogP contribution in [0.2, 0.25) is 0 Å². The third-order valence-corrected chi connectivity index (χ3v) is 4.53. The molecule has 3 rings (SSSR count). The second-order valence-electron chi connectivity index (χ2n) is 4.41. The summed E-state index contributed by atoms with van der Waals surface area (Å²) >= 11 is 1.46. The molecule has 0 spiro atoms. The molecule has 2 aromatic rings. The summed E-state index contributed by atoms with van der Waals surface area (Å²) in [6, 6.07) is 0. The van der Waals surface area contributed by atoms with Gasteiger partial charge in [-0.1, -0.05) is 6.92 Å². The number of fused-ring (bicyclic) bond motifs is 3. The van der Waals surface area contributed by atoms with Crippen molar-refractivity contribution in [3.05, 3.63) is 26.6 Å². The number of hydrogen-bond acceptors (Lipinski definition) is 4. The van der Waals surface area contributed by atoms with Crippen molar-refractivity contribution >= 4 is 27.5 Å². The minimum Gasteiger partial charge on any atom is -0.481 e. The fourth-order valence-electron chi connectivity index (χ4n) is 2.51. The Balaban J connectivity index is 2.32. The third-order valence-electron chi connectivity index (χ3n) is 3.37. The van der Waals surface area contributed by atoms with E-state index in [0.717, 1.165) is 11.3 Å². The van der Waals surface area contributed by atoms with E-state index in [-0.39, 0.29) is 5.56 Å². The Morgan fingerprint density at radius 1 is 1.61 bits per heavy atom. The van der Waals surface area contributed by atoms with E-state index < -0.39 is 11.9 Å². The molecule has 2 heterocycles. The summed E-state index contributed by atoms with van der Waals surface area (Å²) in [7, 11) is 0. The van der Waals surface area contributed by atoms with Crippen molar-refractivity contribution in [1.29, 1.82) is 0 Å². The molecule has 94 valence electrons. The van der Waals surface area contributed by atoms with Gasteiger partial charge in [0.25, 0.3) is 5.56 Å². The molecule has 1 aliphatic carbocycles. The maximum Gasteiger partial charge on any atom is 0.311 e. The lowest BCUT2D eigenvalue weighted by molar-refractivity contribution is -0.138. The van der Waals surface area contributed by atoms with E-state index in [1.54, 1.807) is 0 Å². The van der Waals surface area contributed by atoms with E-state index in [4.69, 9.17) is 0 Å². The molecule has 0 amide bonds. The molecule has 1 unspecified atom stereocenters. The first kappa shape index (κ1) is 11.4. The van der Waals surface area contributed by atoms with Gasteiger partial charge in [-0.2, -0.15) is 0 Å². The van der Waals surface area contributed by atoms with Crippen molar-refractivity contribution in [3.8, 4) is 0 Å². The number of nitrogens with zero attached hydrogens (tertiary/aromatic N) is 1. The number of aromatic nitrogens is 2. The molecule has 5 nitrogen and oxygen atoms in total. The zero-order valence-corrected chi connectivity index (χ0v) is 10.6. The summed E-state index contributed by atoms with van der Waals surface area (Å²) < 4.78 is 0. The number of H-pyrrole nitrogens is 1. The van der Waals surface area contributed by atoms with Crippen LogP contribution in [-0.4, -0.2) is 21.0 Å². The number of rotatable bonds is 2. The minimum atomic E-state index is -0.854. The molecule has 6 heteroatoms. The van der Waals surface area contributed by atoms with Gasteiger partial charge in [-0.15, -0.1) is 11.3 Å². The Morgan fingerprint density at radius 2 is 2.39 bits per heavy atom. The second-order valence-corrected chi connectivity index (χ2v) is 5.50. The molecular weight excluding hydrogens is 252 g/mol. The van der Waals surface area contributed by atoms with Crippen molar-refractivity contribution in [2.24, 2.45) is 0 Å². The Labute approximate surface area is 106 Å². The topological polar surface area (TPSA) is 83.0 Å². The van der Waals surface area contributed by atoms with Crippen molar-refractivity contribution < 1.29 is 9.90 Å². The highest BCUT2D eigenvalue weighted by Gasteiger charge is 2.33. The van der Waals surface area contributed by atoms with Gasteiger partial charge in [0, 0.05) is 11.3 Å². The van der Waals surface area contributed by atoms with E-state index >= 15 is 0 Å². The number of carboxylic acid groups (broad SMARTS) is 1. The monoisotopic (exact) mass is 264 g/mol. The van der Waals surface area contributed by atoms with Crippen LogP contribution < -0.4 is 5.56 Å². The van der Waals surface area contributed by atoms with Crippen molar-refractivity contribution in [2.75, 3.05) is 0 Å². The van der Waals surface area contributed by atoms with Crippen LogP contribution in [0.1, 0.15) is 35.5 Å². The van der Waals surface area contributed by atoms with Gasteiger partial charge in [-0.25, -0.2) is 4.98 Å². The maximum absolute atomic E-state index is 12.1. The summed E-state index contributed by atoms with van der Waals surface area (Å²) in [5, 5.41) is 9.68. The van der Waals surface area contributed by atoms with Gasteiger partial charge in [0.05, 0.1) is 11.3 Å². The summed E-state index contributed by atoms with van der Waals surface area (Å²) in [5.41, 5.74) is 0.487. The summed E-state index contributed by atoms with van der Waals surface area (Å²) in [4.78, 5) is 32.1. The smallest absolute Gasteiger partial charge is 0.311 e. The van der Waals surface area contributed by atoms with Crippen LogP contribution in [0, 0.1) is 0 Å².